The normalized spacial score (nSPS) is 31.6. The molecule has 2 aliphatic rings. The minimum atomic E-state index is -2.20. The smallest absolute Gasteiger partial charge is 0.414 e. The van der Waals surface area contributed by atoms with E-state index in [1.807, 2.05) is 6.07 Å². The van der Waals surface area contributed by atoms with Gasteiger partial charge in [0.2, 0.25) is 0 Å². The molecule has 0 aliphatic heterocycles. The Labute approximate surface area is 173 Å². The van der Waals surface area contributed by atoms with Crippen molar-refractivity contribution >= 4 is 41.0 Å². The third kappa shape index (κ3) is 4.13. The third-order valence-corrected chi connectivity index (χ3v) is 5.73. The number of amides is 1. The van der Waals surface area contributed by atoms with Crippen LogP contribution in [0.5, 0.6) is 0 Å². The van der Waals surface area contributed by atoms with Gasteiger partial charge in [-0.2, -0.15) is 5.26 Å². The Kier molecular flexibility index (Phi) is 6.39. The Hall–Kier alpha value is -2.45. The largest absolute Gasteiger partial charge is 0.473 e. The molecule has 2 aliphatic carbocycles. The molecule has 0 radical (unpaired) electrons. The van der Waals surface area contributed by atoms with E-state index >= 15 is 0 Å². The fourth-order valence-corrected chi connectivity index (χ4v) is 3.87. The molecular weight excluding hydrogens is 432 g/mol. The van der Waals surface area contributed by atoms with E-state index in [1.54, 1.807) is 18.2 Å². The first-order valence-corrected chi connectivity index (χ1v) is 8.85. The molecule has 6 N–H and O–H groups in total. The number of fused-ring (bicyclic) bond motifs is 1. The van der Waals surface area contributed by atoms with E-state index in [-0.39, 0.29) is 13.0 Å². The summed E-state index contributed by atoms with van der Waals surface area (Å²) in [7, 11) is 0. The van der Waals surface area contributed by atoms with Gasteiger partial charge in [-0.3, -0.25) is 4.79 Å². The van der Waals surface area contributed by atoms with Gasteiger partial charge in [0.1, 0.15) is 5.54 Å². The first-order chi connectivity index (χ1) is 13.4. The number of rotatable bonds is 4. The zero-order chi connectivity index (χ0) is 22.1. The zero-order valence-electron chi connectivity index (χ0n) is 14.6. The molecule has 2 fully saturated rings. The van der Waals surface area contributed by atoms with Gasteiger partial charge < -0.3 is 26.4 Å². The lowest BCUT2D eigenvalue weighted by Crippen LogP contribution is -2.54. The molecule has 29 heavy (non-hydrogen) atoms. The van der Waals surface area contributed by atoms with Crippen molar-refractivity contribution in [3.63, 3.8) is 0 Å². The van der Waals surface area contributed by atoms with Crippen LogP contribution in [0, 0.1) is 23.2 Å². The topological polar surface area (TPSA) is 177 Å². The van der Waals surface area contributed by atoms with Gasteiger partial charge in [-0.15, -0.1) is 0 Å². The van der Waals surface area contributed by atoms with Crippen molar-refractivity contribution in [2.24, 2.45) is 23.3 Å². The Balaban J connectivity index is 0.000000438. The maximum atomic E-state index is 14.5. The Bertz CT molecular complexity index is 898. The second kappa shape index (κ2) is 8.12. The average molecular weight is 448 g/mol. The summed E-state index contributed by atoms with van der Waals surface area (Å²) in [5.74, 6) is -6.30. The van der Waals surface area contributed by atoms with Crippen molar-refractivity contribution in [2.75, 3.05) is 0 Å². The molecule has 0 aromatic heterocycles. The number of carbonyl (C=O) groups is 3. The average Bonchev–Trinajstić information content (AvgIpc) is 3.14. The van der Waals surface area contributed by atoms with Crippen LogP contribution in [0.25, 0.3) is 0 Å². The quantitative estimate of drug-likeness (QED) is 0.495. The summed E-state index contributed by atoms with van der Waals surface area (Å²) in [6.07, 6.45) is -0.504. The number of primary amides is 1. The van der Waals surface area contributed by atoms with E-state index in [2.05, 4.69) is 0 Å². The van der Waals surface area contributed by atoms with Crippen LogP contribution >= 0.6 is 23.2 Å². The van der Waals surface area contributed by atoms with Gasteiger partial charge in [0.05, 0.1) is 28.8 Å². The van der Waals surface area contributed by atoms with Gasteiger partial charge in [-0.1, -0.05) is 29.3 Å². The van der Waals surface area contributed by atoms with Crippen molar-refractivity contribution < 1.29 is 33.7 Å². The number of nitriles is 1. The van der Waals surface area contributed by atoms with Gasteiger partial charge >= 0.3 is 11.9 Å². The monoisotopic (exact) mass is 447 g/mol. The molecule has 1 aromatic carbocycles. The number of nitrogens with zero attached hydrogens (tertiary/aromatic N) is 1. The lowest BCUT2D eigenvalue weighted by Gasteiger charge is -2.29. The molecular formula is C17H16Cl2FN3O6. The van der Waals surface area contributed by atoms with E-state index in [0.717, 1.165) is 5.56 Å². The summed E-state index contributed by atoms with van der Waals surface area (Å²) < 4.78 is 20.2. The predicted molar refractivity (Wildman–Crippen MR) is 97.5 cm³/mol. The van der Waals surface area contributed by atoms with Crippen LogP contribution in [0.3, 0.4) is 0 Å². The number of carboxylic acids is 2. The van der Waals surface area contributed by atoms with Crippen LogP contribution in [0.15, 0.2) is 18.2 Å². The molecule has 0 unspecified atom stereocenters. The number of carboxylic acid groups (broad SMARTS) is 2. The first kappa shape index (κ1) is 22.8. The highest BCUT2D eigenvalue weighted by molar-refractivity contribution is 6.42. The zero-order valence-corrected chi connectivity index (χ0v) is 16.2. The summed E-state index contributed by atoms with van der Waals surface area (Å²) in [6, 6.07) is 6.92. The second-order valence-electron chi connectivity index (χ2n) is 6.66. The van der Waals surface area contributed by atoms with Crippen molar-refractivity contribution in [2.45, 2.75) is 30.3 Å². The minimum absolute atomic E-state index is 0.150. The molecule has 1 amide bonds. The molecule has 2 saturated carbocycles. The molecule has 0 bridgehead atoms. The fourth-order valence-electron chi connectivity index (χ4n) is 3.55. The molecule has 9 nitrogen and oxygen atoms in total. The number of hydrogen-bond donors (Lipinski definition) is 4. The van der Waals surface area contributed by atoms with Crippen molar-refractivity contribution in [3.05, 3.63) is 33.8 Å². The van der Waals surface area contributed by atoms with Gasteiger partial charge in [0, 0.05) is 11.8 Å². The minimum Gasteiger partial charge on any atom is -0.473 e. The van der Waals surface area contributed by atoms with Crippen LogP contribution in [0.1, 0.15) is 12.0 Å². The van der Waals surface area contributed by atoms with Crippen LogP contribution < -0.4 is 11.5 Å². The van der Waals surface area contributed by atoms with Crippen LogP contribution in [0.4, 0.5) is 4.39 Å². The van der Waals surface area contributed by atoms with E-state index < -0.39 is 47.0 Å². The van der Waals surface area contributed by atoms with E-state index in [0.29, 0.717) is 10.0 Å². The number of hydrogen-bond acceptors (Lipinski definition) is 6. The van der Waals surface area contributed by atoms with Crippen LogP contribution in [-0.2, 0) is 25.7 Å². The predicted octanol–water partition coefficient (Wildman–Crippen LogP) is 1.10. The highest BCUT2D eigenvalue weighted by Gasteiger charge is 2.82. The molecule has 156 valence electrons. The highest BCUT2D eigenvalue weighted by Crippen LogP contribution is 2.66. The fraction of sp³-hybridized carbons (Fsp3) is 0.412. The summed E-state index contributed by atoms with van der Waals surface area (Å²) in [5, 5.41) is 25.0. The summed E-state index contributed by atoms with van der Waals surface area (Å²) in [5.41, 5.74) is 8.10. The standard InChI is InChI=1S/C15H14Cl2FN3O2.C2H2O4/c16-9-2-1-7(3-10(9)17)5-23-11-4-8-12(14(11,21)6-19)15(8,18)13(20)22;3-1(4)2(5)6/h1-3,8,11-12H,4-5,21H2,(H2,20,22);(H,3,4)(H,5,6)/t8-,11-,12-,14+,15-;/m1./s1. The van der Waals surface area contributed by atoms with E-state index in [4.69, 9.17) is 59.2 Å². The van der Waals surface area contributed by atoms with E-state index in [1.165, 1.54) is 0 Å². The molecule has 0 heterocycles. The number of nitrogens with two attached hydrogens (primary N) is 2. The first-order valence-electron chi connectivity index (χ1n) is 8.10. The van der Waals surface area contributed by atoms with E-state index in [9.17, 15) is 14.4 Å². The lowest BCUT2D eigenvalue weighted by atomic mass is 9.89. The van der Waals surface area contributed by atoms with Crippen LogP contribution in [0.2, 0.25) is 10.0 Å². The summed E-state index contributed by atoms with van der Waals surface area (Å²) >= 11 is 11.8. The lowest BCUT2D eigenvalue weighted by molar-refractivity contribution is -0.159. The number of benzene rings is 1. The summed E-state index contributed by atoms with van der Waals surface area (Å²) in [6.45, 7) is 0.150. The molecule has 5 atom stereocenters. The molecule has 0 saturated heterocycles. The molecule has 3 rings (SSSR count). The Morgan fingerprint density at radius 3 is 2.31 bits per heavy atom. The van der Waals surface area contributed by atoms with Crippen LogP contribution in [-0.4, -0.2) is 45.4 Å². The molecule has 1 aromatic rings. The van der Waals surface area contributed by atoms with Gasteiger partial charge in [0.15, 0.2) is 5.67 Å². The Morgan fingerprint density at radius 1 is 1.28 bits per heavy atom. The van der Waals surface area contributed by atoms with Crippen molar-refractivity contribution in [1.29, 1.82) is 5.26 Å². The second-order valence-corrected chi connectivity index (χ2v) is 7.47. The number of aliphatic carboxylic acids is 2. The van der Waals surface area contributed by atoms with Gasteiger partial charge in [-0.05, 0) is 24.1 Å². The van der Waals surface area contributed by atoms with Crippen molar-refractivity contribution in [3.8, 4) is 6.07 Å². The third-order valence-electron chi connectivity index (χ3n) is 4.99. The van der Waals surface area contributed by atoms with Crippen molar-refractivity contribution in [1.82, 2.24) is 0 Å². The number of carbonyl (C=O) groups excluding carboxylic acids is 1. The maximum absolute atomic E-state index is 14.5. The summed E-state index contributed by atoms with van der Waals surface area (Å²) in [4.78, 5) is 29.5. The maximum Gasteiger partial charge on any atom is 0.414 e. The highest BCUT2D eigenvalue weighted by atomic mass is 35.5. The van der Waals surface area contributed by atoms with Gasteiger partial charge in [0.25, 0.3) is 5.91 Å². The number of alkyl halides is 1. The number of halogens is 3. The Morgan fingerprint density at radius 2 is 1.86 bits per heavy atom. The molecule has 12 heteroatoms. The number of ether oxygens (including phenoxy) is 1. The van der Waals surface area contributed by atoms with Gasteiger partial charge in [-0.25, -0.2) is 14.0 Å². The molecule has 0 spiro atoms. The SMILES string of the molecule is N#C[C@@]1(N)[C@H]2[C@@H](C[C@H]1OCc1ccc(Cl)c(Cl)c1)[C@]2(F)C(N)=O.O=C(O)C(=O)O.